The SMILES string of the molecule is NCCNC(=O)C1CCCN(CC(=O)NC2CC2)C1. The third-order valence-electron chi connectivity index (χ3n) is 3.63. The summed E-state index contributed by atoms with van der Waals surface area (Å²) in [4.78, 5) is 25.7. The van der Waals surface area contributed by atoms with Crippen molar-refractivity contribution in [3.05, 3.63) is 0 Å². The molecule has 0 aromatic carbocycles. The molecule has 2 amide bonds. The Morgan fingerprint density at radius 1 is 1.26 bits per heavy atom. The van der Waals surface area contributed by atoms with Gasteiger partial charge in [-0.15, -0.1) is 0 Å². The summed E-state index contributed by atoms with van der Waals surface area (Å²) in [5, 5.41) is 5.81. The Bertz CT molecular complexity index is 331. The van der Waals surface area contributed by atoms with Crippen LogP contribution in [0.5, 0.6) is 0 Å². The molecule has 1 aliphatic carbocycles. The van der Waals surface area contributed by atoms with Gasteiger partial charge in [0.1, 0.15) is 0 Å². The largest absolute Gasteiger partial charge is 0.355 e. The molecular weight excluding hydrogens is 244 g/mol. The molecule has 4 N–H and O–H groups in total. The van der Waals surface area contributed by atoms with Gasteiger partial charge in [-0.25, -0.2) is 0 Å². The van der Waals surface area contributed by atoms with Crippen LogP contribution in [-0.2, 0) is 9.59 Å². The molecular formula is C13H24N4O2. The van der Waals surface area contributed by atoms with Crippen LogP contribution in [0.4, 0.5) is 0 Å². The minimum absolute atomic E-state index is 0.00553. The van der Waals surface area contributed by atoms with Crippen molar-refractivity contribution in [2.45, 2.75) is 31.7 Å². The van der Waals surface area contributed by atoms with E-state index >= 15 is 0 Å². The van der Waals surface area contributed by atoms with Gasteiger partial charge in [0, 0.05) is 25.7 Å². The molecule has 0 spiro atoms. The van der Waals surface area contributed by atoms with Crippen molar-refractivity contribution < 1.29 is 9.59 Å². The zero-order valence-corrected chi connectivity index (χ0v) is 11.4. The van der Waals surface area contributed by atoms with E-state index in [-0.39, 0.29) is 17.7 Å². The zero-order chi connectivity index (χ0) is 13.7. The number of nitrogens with one attached hydrogen (secondary N) is 2. The van der Waals surface area contributed by atoms with Crippen molar-refractivity contribution in [1.29, 1.82) is 0 Å². The van der Waals surface area contributed by atoms with Gasteiger partial charge in [-0.1, -0.05) is 0 Å². The van der Waals surface area contributed by atoms with Crippen molar-refractivity contribution in [2.75, 3.05) is 32.7 Å². The minimum Gasteiger partial charge on any atom is -0.355 e. The van der Waals surface area contributed by atoms with Gasteiger partial charge in [0.15, 0.2) is 0 Å². The van der Waals surface area contributed by atoms with Crippen LogP contribution < -0.4 is 16.4 Å². The summed E-state index contributed by atoms with van der Waals surface area (Å²) in [6.45, 7) is 2.98. The first-order valence-electron chi connectivity index (χ1n) is 7.18. The molecule has 0 aromatic rings. The molecule has 1 saturated heterocycles. The number of nitrogens with zero attached hydrogens (tertiary/aromatic N) is 1. The number of amides is 2. The van der Waals surface area contributed by atoms with E-state index in [1.54, 1.807) is 0 Å². The molecule has 2 rings (SSSR count). The molecule has 6 heteroatoms. The molecule has 2 fully saturated rings. The summed E-state index contributed by atoms with van der Waals surface area (Å²) >= 11 is 0. The summed E-state index contributed by atoms with van der Waals surface area (Å²) in [5.41, 5.74) is 5.37. The summed E-state index contributed by atoms with van der Waals surface area (Å²) < 4.78 is 0. The van der Waals surface area contributed by atoms with Crippen molar-refractivity contribution in [2.24, 2.45) is 11.7 Å². The average molecular weight is 268 g/mol. The van der Waals surface area contributed by atoms with Crippen molar-refractivity contribution in [1.82, 2.24) is 15.5 Å². The molecule has 2 aliphatic rings. The van der Waals surface area contributed by atoms with Gasteiger partial charge in [0.2, 0.25) is 11.8 Å². The predicted molar refractivity (Wildman–Crippen MR) is 72.4 cm³/mol. The second-order valence-corrected chi connectivity index (χ2v) is 5.50. The van der Waals surface area contributed by atoms with Crippen LogP contribution in [0.15, 0.2) is 0 Å². The fourth-order valence-electron chi connectivity index (χ4n) is 2.46. The monoisotopic (exact) mass is 268 g/mol. The number of hydrogen-bond acceptors (Lipinski definition) is 4. The molecule has 19 heavy (non-hydrogen) atoms. The topological polar surface area (TPSA) is 87.5 Å². The Kier molecular flexibility index (Phi) is 5.15. The maximum Gasteiger partial charge on any atom is 0.234 e. The highest BCUT2D eigenvalue weighted by Crippen LogP contribution is 2.19. The average Bonchev–Trinajstić information content (AvgIpc) is 3.20. The highest BCUT2D eigenvalue weighted by molar-refractivity contribution is 5.80. The van der Waals surface area contributed by atoms with E-state index in [4.69, 9.17) is 5.73 Å². The number of nitrogens with two attached hydrogens (primary N) is 1. The highest BCUT2D eigenvalue weighted by Gasteiger charge is 2.28. The minimum atomic E-state index is -0.00553. The maximum atomic E-state index is 11.9. The Morgan fingerprint density at radius 3 is 2.74 bits per heavy atom. The van der Waals surface area contributed by atoms with E-state index in [1.807, 2.05) is 0 Å². The summed E-state index contributed by atoms with van der Waals surface area (Å²) in [7, 11) is 0. The summed E-state index contributed by atoms with van der Waals surface area (Å²) in [6.07, 6.45) is 4.08. The number of carbonyl (C=O) groups is 2. The number of piperidine rings is 1. The van der Waals surface area contributed by atoms with E-state index < -0.39 is 0 Å². The smallest absolute Gasteiger partial charge is 0.234 e. The lowest BCUT2D eigenvalue weighted by Gasteiger charge is -2.31. The van der Waals surface area contributed by atoms with Gasteiger partial charge in [-0.05, 0) is 32.2 Å². The molecule has 108 valence electrons. The third-order valence-corrected chi connectivity index (χ3v) is 3.63. The molecule has 1 unspecified atom stereocenters. The number of hydrogen-bond donors (Lipinski definition) is 3. The van der Waals surface area contributed by atoms with Crippen LogP contribution in [0.2, 0.25) is 0 Å². The zero-order valence-electron chi connectivity index (χ0n) is 11.4. The van der Waals surface area contributed by atoms with Gasteiger partial charge in [-0.3, -0.25) is 14.5 Å². The quantitative estimate of drug-likeness (QED) is 0.580. The molecule has 1 aliphatic heterocycles. The van der Waals surface area contributed by atoms with Crippen molar-refractivity contribution in [3.8, 4) is 0 Å². The van der Waals surface area contributed by atoms with Crippen LogP contribution in [0.1, 0.15) is 25.7 Å². The number of likely N-dealkylation sites (tertiary alicyclic amines) is 1. The van der Waals surface area contributed by atoms with Crippen LogP contribution >= 0.6 is 0 Å². The van der Waals surface area contributed by atoms with Gasteiger partial charge in [0.05, 0.1) is 12.5 Å². The second kappa shape index (κ2) is 6.86. The molecule has 0 radical (unpaired) electrons. The first kappa shape index (κ1) is 14.3. The first-order chi connectivity index (χ1) is 9.19. The van der Waals surface area contributed by atoms with E-state index in [0.29, 0.717) is 32.2 Å². The Hall–Kier alpha value is -1.14. The standard InChI is InChI=1S/C13H24N4O2/c14-5-6-15-13(19)10-2-1-7-17(8-10)9-12(18)16-11-3-4-11/h10-11H,1-9,14H2,(H,15,19)(H,16,18). The lowest BCUT2D eigenvalue weighted by molar-refractivity contribution is -0.128. The lowest BCUT2D eigenvalue weighted by atomic mass is 9.97. The van der Waals surface area contributed by atoms with Crippen LogP contribution in [-0.4, -0.2) is 55.5 Å². The molecule has 1 saturated carbocycles. The van der Waals surface area contributed by atoms with E-state index in [0.717, 1.165) is 32.2 Å². The Balaban J connectivity index is 1.72. The fraction of sp³-hybridized carbons (Fsp3) is 0.846. The van der Waals surface area contributed by atoms with Gasteiger partial charge in [-0.2, -0.15) is 0 Å². The van der Waals surface area contributed by atoms with Crippen LogP contribution in [0, 0.1) is 5.92 Å². The molecule has 1 heterocycles. The molecule has 0 bridgehead atoms. The summed E-state index contributed by atoms with van der Waals surface area (Å²) in [6, 6.07) is 0.404. The first-order valence-corrected chi connectivity index (χ1v) is 7.18. The number of rotatable bonds is 6. The van der Waals surface area contributed by atoms with Gasteiger partial charge < -0.3 is 16.4 Å². The predicted octanol–water partition coefficient (Wildman–Crippen LogP) is -0.948. The molecule has 6 nitrogen and oxygen atoms in total. The van der Waals surface area contributed by atoms with Crippen molar-refractivity contribution >= 4 is 11.8 Å². The van der Waals surface area contributed by atoms with E-state index in [9.17, 15) is 9.59 Å². The second-order valence-electron chi connectivity index (χ2n) is 5.50. The van der Waals surface area contributed by atoms with Crippen molar-refractivity contribution in [3.63, 3.8) is 0 Å². The molecule has 0 aromatic heterocycles. The van der Waals surface area contributed by atoms with Crippen LogP contribution in [0.3, 0.4) is 0 Å². The fourth-order valence-corrected chi connectivity index (χ4v) is 2.46. The van der Waals surface area contributed by atoms with Crippen LogP contribution in [0.25, 0.3) is 0 Å². The molecule has 1 atom stereocenters. The maximum absolute atomic E-state index is 11.9. The van der Waals surface area contributed by atoms with E-state index in [1.165, 1.54) is 0 Å². The number of carbonyl (C=O) groups excluding carboxylic acids is 2. The Morgan fingerprint density at radius 2 is 2.05 bits per heavy atom. The normalized spacial score (nSPS) is 23.9. The summed E-state index contributed by atoms with van der Waals surface area (Å²) in [5.74, 6) is 0.150. The van der Waals surface area contributed by atoms with Gasteiger partial charge in [0.25, 0.3) is 0 Å². The Labute approximate surface area is 114 Å². The van der Waals surface area contributed by atoms with E-state index in [2.05, 4.69) is 15.5 Å². The highest BCUT2D eigenvalue weighted by atomic mass is 16.2. The van der Waals surface area contributed by atoms with Gasteiger partial charge >= 0.3 is 0 Å². The lowest BCUT2D eigenvalue weighted by Crippen LogP contribution is -2.47. The third kappa shape index (κ3) is 4.80.